The Morgan fingerprint density at radius 2 is 1.92 bits per heavy atom. The number of anilines is 1. The summed E-state index contributed by atoms with van der Waals surface area (Å²) in [4.78, 5) is 27.3. The molecule has 4 unspecified atom stereocenters. The zero-order valence-electron chi connectivity index (χ0n) is 22.4. The standard InChI is InChI=1S/C29H36Cl2FN3O3/c1-27(2,3)14-22-29(15-36,19-10-9-16(30)11-21(19)33-5)23(18-7-6-8-20(31)24(18)32)25(35-22)26(37)34-17-12-28(4,38)13-17/h6-11,15,17,22-23,25,33,35,38H,12-14H2,1-5H3,(H,34,37). The lowest BCUT2D eigenvalue weighted by atomic mass is 9.62. The van der Waals surface area contributed by atoms with Gasteiger partial charge in [-0.25, -0.2) is 4.39 Å². The summed E-state index contributed by atoms with van der Waals surface area (Å²) < 4.78 is 15.8. The molecule has 2 aromatic rings. The number of amides is 1. The van der Waals surface area contributed by atoms with Gasteiger partial charge in [-0.2, -0.15) is 0 Å². The molecule has 4 rings (SSSR count). The Kier molecular flexibility index (Phi) is 7.90. The van der Waals surface area contributed by atoms with Crippen LogP contribution in [0.3, 0.4) is 0 Å². The summed E-state index contributed by atoms with van der Waals surface area (Å²) in [5, 5.41) is 20.2. The molecule has 1 heterocycles. The summed E-state index contributed by atoms with van der Waals surface area (Å²) in [7, 11) is 1.73. The molecule has 1 amide bonds. The monoisotopic (exact) mass is 563 g/mol. The van der Waals surface area contributed by atoms with Gasteiger partial charge in [0, 0.05) is 35.8 Å². The minimum Gasteiger partial charge on any atom is -0.390 e. The van der Waals surface area contributed by atoms with Crippen molar-refractivity contribution >= 4 is 41.1 Å². The van der Waals surface area contributed by atoms with E-state index in [0.29, 0.717) is 35.5 Å². The highest BCUT2D eigenvalue weighted by atomic mass is 35.5. The first-order valence-corrected chi connectivity index (χ1v) is 13.6. The first-order valence-electron chi connectivity index (χ1n) is 12.9. The highest BCUT2D eigenvalue weighted by Crippen LogP contribution is 2.53. The van der Waals surface area contributed by atoms with Crippen LogP contribution in [-0.4, -0.2) is 48.1 Å². The number of hydrogen-bond donors (Lipinski definition) is 4. The fourth-order valence-corrected chi connectivity index (χ4v) is 6.63. The molecule has 2 aromatic carbocycles. The molecule has 1 saturated carbocycles. The Bertz CT molecular complexity index is 1220. The fraction of sp³-hybridized carbons (Fsp3) is 0.517. The Morgan fingerprint density at radius 3 is 2.50 bits per heavy atom. The van der Waals surface area contributed by atoms with Crippen LogP contribution in [0, 0.1) is 11.2 Å². The Balaban J connectivity index is 1.93. The molecule has 2 aliphatic rings. The second-order valence-electron chi connectivity index (χ2n) is 12.2. The normalized spacial score (nSPS) is 31.0. The van der Waals surface area contributed by atoms with Gasteiger partial charge in [0.05, 0.1) is 22.1 Å². The van der Waals surface area contributed by atoms with Crippen LogP contribution in [0.2, 0.25) is 10.0 Å². The van der Waals surface area contributed by atoms with Gasteiger partial charge in [0.2, 0.25) is 5.91 Å². The summed E-state index contributed by atoms with van der Waals surface area (Å²) in [6.07, 6.45) is 2.23. The topological polar surface area (TPSA) is 90.5 Å². The van der Waals surface area contributed by atoms with Crippen molar-refractivity contribution in [2.75, 3.05) is 12.4 Å². The van der Waals surface area contributed by atoms with E-state index in [1.165, 1.54) is 6.07 Å². The summed E-state index contributed by atoms with van der Waals surface area (Å²) in [6.45, 7) is 7.90. The van der Waals surface area contributed by atoms with Crippen LogP contribution in [0.5, 0.6) is 0 Å². The predicted octanol–water partition coefficient (Wildman–Crippen LogP) is 5.20. The summed E-state index contributed by atoms with van der Waals surface area (Å²) in [5.41, 5.74) is -0.971. The van der Waals surface area contributed by atoms with Gasteiger partial charge < -0.3 is 25.9 Å². The number of carbonyl (C=O) groups is 2. The van der Waals surface area contributed by atoms with Crippen LogP contribution in [0.25, 0.3) is 0 Å². The average molecular weight is 565 g/mol. The molecule has 2 fully saturated rings. The van der Waals surface area contributed by atoms with Crippen molar-refractivity contribution in [1.82, 2.24) is 10.6 Å². The lowest BCUT2D eigenvalue weighted by Crippen LogP contribution is -2.57. The molecule has 0 aromatic heterocycles. The quantitative estimate of drug-likeness (QED) is 0.347. The predicted molar refractivity (Wildman–Crippen MR) is 149 cm³/mol. The number of nitrogens with one attached hydrogen (secondary N) is 3. The third kappa shape index (κ3) is 5.31. The molecule has 0 radical (unpaired) electrons. The van der Waals surface area contributed by atoms with Crippen molar-refractivity contribution in [3.8, 4) is 0 Å². The minimum atomic E-state index is -1.34. The molecule has 38 heavy (non-hydrogen) atoms. The third-order valence-electron chi connectivity index (χ3n) is 7.85. The lowest BCUT2D eigenvalue weighted by molar-refractivity contribution is -0.127. The fourth-order valence-electron chi connectivity index (χ4n) is 6.28. The van der Waals surface area contributed by atoms with Crippen LogP contribution in [0.4, 0.5) is 10.1 Å². The van der Waals surface area contributed by atoms with E-state index in [4.69, 9.17) is 23.2 Å². The van der Waals surface area contributed by atoms with E-state index in [1.807, 2.05) is 0 Å². The van der Waals surface area contributed by atoms with E-state index in [2.05, 4.69) is 36.7 Å². The van der Waals surface area contributed by atoms with Gasteiger partial charge in [0.15, 0.2) is 0 Å². The van der Waals surface area contributed by atoms with Crippen molar-refractivity contribution in [2.24, 2.45) is 5.41 Å². The highest BCUT2D eigenvalue weighted by Gasteiger charge is 2.60. The first-order chi connectivity index (χ1) is 17.7. The van der Waals surface area contributed by atoms with E-state index in [-0.39, 0.29) is 28.0 Å². The zero-order chi connectivity index (χ0) is 28.0. The highest BCUT2D eigenvalue weighted by molar-refractivity contribution is 6.31. The van der Waals surface area contributed by atoms with Gasteiger partial charge in [-0.3, -0.25) is 4.79 Å². The zero-order valence-corrected chi connectivity index (χ0v) is 23.9. The molecule has 9 heteroatoms. The SMILES string of the molecule is CNc1cc(Cl)ccc1C1(C=O)C(CC(C)(C)C)NC(C(=O)NC2CC(C)(O)C2)C1c1cccc(Cl)c1F. The van der Waals surface area contributed by atoms with Crippen LogP contribution in [0.1, 0.15) is 64.0 Å². The maximum absolute atomic E-state index is 15.8. The van der Waals surface area contributed by atoms with Crippen molar-refractivity contribution in [1.29, 1.82) is 0 Å². The Hall–Kier alpha value is -2.19. The smallest absolute Gasteiger partial charge is 0.238 e. The van der Waals surface area contributed by atoms with Gasteiger partial charge in [0.1, 0.15) is 12.1 Å². The van der Waals surface area contributed by atoms with E-state index in [0.717, 1.165) is 6.29 Å². The second kappa shape index (κ2) is 10.4. The Morgan fingerprint density at radius 1 is 1.24 bits per heavy atom. The largest absolute Gasteiger partial charge is 0.390 e. The Labute approximate surface area is 233 Å². The molecule has 6 nitrogen and oxygen atoms in total. The van der Waals surface area contributed by atoms with E-state index < -0.39 is 34.8 Å². The number of rotatable bonds is 7. The summed E-state index contributed by atoms with van der Waals surface area (Å²) >= 11 is 12.5. The molecule has 1 saturated heterocycles. The van der Waals surface area contributed by atoms with Crippen LogP contribution in [0.15, 0.2) is 36.4 Å². The number of aldehydes is 1. The maximum Gasteiger partial charge on any atom is 0.238 e. The molecule has 206 valence electrons. The summed E-state index contributed by atoms with van der Waals surface area (Å²) in [5.74, 6) is -1.93. The third-order valence-corrected chi connectivity index (χ3v) is 8.38. The number of carbonyl (C=O) groups excluding carboxylic acids is 2. The van der Waals surface area contributed by atoms with Crippen molar-refractivity contribution < 1.29 is 19.1 Å². The van der Waals surface area contributed by atoms with E-state index in [1.54, 1.807) is 44.3 Å². The van der Waals surface area contributed by atoms with Crippen LogP contribution >= 0.6 is 23.2 Å². The van der Waals surface area contributed by atoms with Gasteiger partial charge in [-0.15, -0.1) is 0 Å². The molecule has 4 N–H and O–H groups in total. The van der Waals surface area contributed by atoms with Crippen LogP contribution in [-0.2, 0) is 15.0 Å². The number of aliphatic hydroxyl groups is 1. The van der Waals surface area contributed by atoms with Gasteiger partial charge >= 0.3 is 0 Å². The summed E-state index contributed by atoms with van der Waals surface area (Å²) in [6, 6.07) is 8.21. The van der Waals surface area contributed by atoms with Crippen molar-refractivity contribution in [3.63, 3.8) is 0 Å². The molecular weight excluding hydrogens is 528 g/mol. The molecule has 1 aliphatic heterocycles. The molecule has 1 aliphatic carbocycles. The van der Waals surface area contributed by atoms with Crippen LogP contribution < -0.4 is 16.0 Å². The molecule has 4 atom stereocenters. The van der Waals surface area contributed by atoms with E-state index in [9.17, 15) is 14.7 Å². The second-order valence-corrected chi connectivity index (χ2v) is 13.0. The van der Waals surface area contributed by atoms with Gasteiger partial charge in [-0.1, -0.05) is 62.2 Å². The molecule has 0 spiro atoms. The van der Waals surface area contributed by atoms with Crippen molar-refractivity contribution in [2.45, 2.75) is 82.0 Å². The number of halogens is 3. The maximum atomic E-state index is 15.8. The van der Waals surface area contributed by atoms with Crippen molar-refractivity contribution in [3.05, 3.63) is 63.4 Å². The first kappa shape index (κ1) is 28.8. The number of hydrogen-bond acceptors (Lipinski definition) is 5. The number of benzene rings is 2. The molecule has 0 bridgehead atoms. The molecular formula is C29H36Cl2FN3O3. The van der Waals surface area contributed by atoms with E-state index >= 15 is 4.39 Å². The van der Waals surface area contributed by atoms with Gasteiger partial charge in [0.25, 0.3) is 0 Å². The lowest BCUT2D eigenvalue weighted by Gasteiger charge is -2.42. The average Bonchev–Trinajstić information content (AvgIpc) is 3.12. The van der Waals surface area contributed by atoms with Gasteiger partial charge in [-0.05, 0) is 60.9 Å². The minimum absolute atomic E-state index is 0.0827.